The van der Waals surface area contributed by atoms with Gasteiger partial charge in [0.1, 0.15) is 5.75 Å². The van der Waals surface area contributed by atoms with E-state index in [0.29, 0.717) is 29.3 Å². The summed E-state index contributed by atoms with van der Waals surface area (Å²) in [5, 5.41) is 16.6. The number of carbonyl (C=O) groups is 2. The van der Waals surface area contributed by atoms with Crippen LogP contribution in [0.15, 0.2) is 30.5 Å². The fraction of sp³-hybridized carbons (Fsp3) is 0.450. The average molecular weight is 373 g/mol. The molecule has 7 heteroatoms. The normalized spacial score (nSPS) is 13.3. The van der Waals surface area contributed by atoms with Crippen LogP contribution in [0.4, 0.5) is 0 Å². The van der Waals surface area contributed by atoms with Crippen molar-refractivity contribution in [2.45, 2.75) is 46.2 Å². The van der Waals surface area contributed by atoms with Gasteiger partial charge in [-0.15, -0.1) is 0 Å². The van der Waals surface area contributed by atoms with Crippen molar-refractivity contribution in [1.82, 2.24) is 15.1 Å². The molecule has 2 aromatic rings. The lowest BCUT2D eigenvalue weighted by Gasteiger charge is -2.30. The Kier molecular flexibility index (Phi) is 6.25. The average Bonchev–Trinajstić information content (AvgIpc) is 2.94. The molecule has 0 spiro atoms. The van der Waals surface area contributed by atoms with E-state index in [9.17, 15) is 14.7 Å². The summed E-state index contributed by atoms with van der Waals surface area (Å²) in [6.07, 6.45) is 1.27. The number of hydrogen-bond donors (Lipinski definition) is 2. The third-order valence-corrected chi connectivity index (χ3v) is 4.49. The van der Waals surface area contributed by atoms with Gasteiger partial charge in [-0.05, 0) is 37.5 Å². The second kappa shape index (κ2) is 8.24. The molecule has 0 saturated heterocycles. The van der Waals surface area contributed by atoms with E-state index in [-0.39, 0.29) is 12.3 Å². The van der Waals surface area contributed by atoms with Gasteiger partial charge in [0.15, 0.2) is 0 Å². The number of rotatable bonds is 8. The number of carboxylic acid groups (broad SMARTS) is 1. The quantitative estimate of drug-likeness (QED) is 0.742. The van der Waals surface area contributed by atoms with E-state index in [1.807, 2.05) is 6.92 Å². The van der Waals surface area contributed by atoms with Crippen LogP contribution < -0.4 is 10.1 Å². The molecule has 146 valence electrons. The number of carbonyl (C=O) groups excluding carboxylic acids is 1. The summed E-state index contributed by atoms with van der Waals surface area (Å²) in [7, 11) is 1.54. The van der Waals surface area contributed by atoms with Crippen LogP contribution >= 0.6 is 0 Å². The van der Waals surface area contributed by atoms with Gasteiger partial charge >= 0.3 is 5.97 Å². The molecule has 1 aromatic carbocycles. The summed E-state index contributed by atoms with van der Waals surface area (Å²) >= 11 is 0. The smallest absolute Gasteiger partial charge is 0.306 e. The van der Waals surface area contributed by atoms with E-state index in [1.54, 1.807) is 43.0 Å². The van der Waals surface area contributed by atoms with Crippen LogP contribution in [0.5, 0.6) is 5.75 Å². The Balaban J connectivity index is 2.34. The number of nitrogens with zero attached hydrogens (tertiary/aromatic N) is 2. The van der Waals surface area contributed by atoms with Gasteiger partial charge in [0, 0.05) is 12.2 Å². The topological polar surface area (TPSA) is 93.4 Å². The van der Waals surface area contributed by atoms with E-state index >= 15 is 0 Å². The Morgan fingerprint density at radius 1 is 1.37 bits per heavy atom. The highest BCUT2D eigenvalue weighted by atomic mass is 16.5. The van der Waals surface area contributed by atoms with Gasteiger partial charge in [0.05, 0.1) is 30.8 Å². The Labute approximate surface area is 159 Å². The molecule has 1 atom stereocenters. The van der Waals surface area contributed by atoms with Crippen LogP contribution in [0, 0.1) is 12.8 Å². The molecule has 1 unspecified atom stereocenters. The number of amides is 1. The van der Waals surface area contributed by atoms with Crippen LogP contribution in [-0.4, -0.2) is 33.9 Å². The van der Waals surface area contributed by atoms with Crippen LogP contribution in [0.3, 0.4) is 0 Å². The van der Waals surface area contributed by atoms with Crippen LogP contribution in [-0.2, 0) is 16.9 Å². The number of ether oxygens (including phenoxy) is 1. The minimum Gasteiger partial charge on any atom is -0.497 e. The Morgan fingerprint density at radius 2 is 2.07 bits per heavy atom. The van der Waals surface area contributed by atoms with Crippen molar-refractivity contribution in [1.29, 1.82) is 0 Å². The molecule has 0 fully saturated rings. The molecular formula is C20H27N3O4. The third kappa shape index (κ3) is 4.87. The van der Waals surface area contributed by atoms with Crippen molar-refractivity contribution in [3.05, 3.63) is 47.3 Å². The van der Waals surface area contributed by atoms with Crippen LogP contribution in [0.25, 0.3) is 0 Å². The maximum Gasteiger partial charge on any atom is 0.306 e. The van der Waals surface area contributed by atoms with Gasteiger partial charge in [-0.25, -0.2) is 0 Å². The Bertz CT molecular complexity index is 828. The fourth-order valence-corrected chi connectivity index (χ4v) is 3.00. The Hall–Kier alpha value is -2.83. The van der Waals surface area contributed by atoms with Crippen molar-refractivity contribution in [2.75, 3.05) is 7.11 Å². The molecule has 0 aliphatic rings. The SMILES string of the molecule is COc1cccc(C(C)(CC(=O)O)NC(=O)c2cnn(CC(C)C)c2C)c1. The minimum absolute atomic E-state index is 0.259. The third-order valence-electron chi connectivity index (χ3n) is 4.49. The van der Waals surface area contributed by atoms with E-state index in [0.717, 1.165) is 5.69 Å². The monoisotopic (exact) mass is 373 g/mol. The first-order chi connectivity index (χ1) is 12.7. The second-order valence-corrected chi connectivity index (χ2v) is 7.31. The van der Waals surface area contributed by atoms with E-state index in [4.69, 9.17) is 4.74 Å². The highest BCUT2D eigenvalue weighted by Crippen LogP contribution is 2.28. The van der Waals surface area contributed by atoms with Crippen LogP contribution in [0.1, 0.15) is 48.8 Å². The van der Waals surface area contributed by atoms with Gasteiger partial charge in [0.2, 0.25) is 0 Å². The maximum absolute atomic E-state index is 12.9. The molecule has 0 saturated carbocycles. The lowest BCUT2D eigenvalue weighted by Crippen LogP contribution is -2.45. The summed E-state index contributed by atoms with van der Waals surface area (Å²) in [6.45, 7) is 8.40. The van der Waals surface area contributed by atoms with Gasteiger partial charge < -0.3 is 15.2 Å². The van der Waals surface area contributed by atoms with E-state index < -0.39 is 11.5 Å². The molecule has 0 aliphatic heterocycles. The Morgan fingerprint density at radius 3 is 2.67 bits per heavy atom. The number of hydrogen-bond acceptors (Lipinski definition) is 4. The predicted octanol–water partition coefficient (Wildman–Crippen LogP) is 2.98. The zero-order chi connectivity index (χ0) is 20.2. The summed E-state index contributed by atoms with van der Waals surface area (Å²) in [6, 6.07) is 7.05. The molecular weight excluding hydrogens is 346 g/mol. The first kappa shape index (κ1) is 20.5. The van der Waals surface area contributed by atoms with Gasteiger partial charge in [-0.3, -0.25) is 14.3 Å². The lowest BCUT2D eigenvalue weighted by molar-refractivity contribution is -0.138. The summed E-state index contributed by atoms with van der Waals surface area (Å²) in [5.41, 5.74) is 0.758. The summed E-state index contributed by atoms with van der Waals surface area (Å²) < 4.78 is 7.02. The molecule has 0 bridgehead atoms. The highest BCUT2D eigenvalue weighted by Gasteiger charge is 2.33. The predicted molar refractivity (Wildman–Crippen MR) is 102 cm³/mol. The van der Waals surface area contributed by atoms with Crippen molar-refractivity contribution < 1.29 is 19.4 Å². The first-order valence-corrected chi connectivity index (χ1v) is 8.87. The van der Waals surface area contributed by atoms with Gasteiger partial charge in [-0.2, -0.15) is 5.10 Å². The maximum atomic E-state index is 12.9. The number of nitrogens with one attached hydrogen (secondary N) is 1. The molecule has 2 rings (SSSR count). The highest BCUT2D eigenvalue weighted by molar-refractivity contribution is 5.96. The number of aromatic nitrogens is 2. The first-order valence-electron chi connectivity index (χ1n) is 8.87. The largest absolute Gasteiger partial charge is 0.497 e. The van der Waals surface area contributed by atoms with E-state index in [1.165, 1.54) is 6.20 Å². The lowest BCUT2D eigenvalue weighted by atomic mass is 9.88. The number of carboxylic acids is 1. The molecule has 1 amide bonds. The van der Waals surface area contributed by atoms with Crippen molar-refractivity contribution >= 4 is 11.9 Å². The molecule has 1 aromatic heterocycles. The fourth-order valence-electron chi connectivity index (χ4n) is 3.00. The number of benzene rings is 1. The van der Waals surface area contributed by atoms with Gasteiger partial charge in [0.25, 0.3) is 5.91 Å². The molecule has 0 radical (unpaired) electrons. The molecule has 2 N–H and O–H groups in total. The van der Waals surface area contributed by atoms with Crippen molar-refractivity contribution in [3.63, 3.8) is 0 Å². The number of methoxy groups -OCH3 is 1. The second-order valence-electron chi connectivity index (χ2n) is 7.31. The molecule has 0 aliphatic carbocycles. The van der Waals surface area contributed by atoms with Crippen LogP contribution in [0.2, 0.25) is 0 Å². The summed E-state index contributed by atoms with van der Waals surface area (Å²) in [4.78, 5) is 24.4. The molecule has 27 heavy (non-hydrogen) atoms. The number of aliphatic carboxylic acids is 1. The van der Waals surface area contributed by atoms with Gasteiger partial charge in [-0.1, -0.05) is 26.0 Å². The molecule has 7 nitrogen and oxygen atoms in total. The minimum atomic E-state index is -1.09. The van der Waals surface area contributed by atoms with Crippen molar-refractivity contribution in [2.24, 2.45) is 5.92 Å². The zero-order valence-electron chi connectivity index (χ0n) is 16.4. The zero-order valence-corrected chi connectivity index (χ0v) is 16.4. The molecule has 1 heterocycles. The standard InChI is InChI=1S/C20H27N3O4/c1-13(2)12-23-14(3)17(11-21-23)19(26)22-20(4,10-18(24)25)15-7-6-8-16(9-15)27-5/h6-9,11,13H,10,12H2,1-5H3,(H,22,26)(H,24,25). The van der Waals surface area contributed by atoms with E-state index in [2.05, 4.69) is 24.3 Å². The summed E-state index contributed by atoms with van der Waals surface area (Å²) in [5.74, 6) is -0.366. The van der Waals surface area contributed by atoms with Crippen molar-refractivity contribution in [3.8, 4) is 5.75 Å².